The lowest BCUT2D eigenvalue weighted by Gasteiger charge is -2.10. The molecule has 3 aromatic rings. The van der Waals surface area contributed by atoms with Crippen LogP contribution in [0.1, 0.15) is 0 Å². The fraction of sp³-hybridized carbons (Fsp3) is 0.0667. The molecule has 0 saturated carbocycles. The van der Waals surface area contributed by atoms with Crippen LogP contribution in [0.5, 0.6) is 0 Å². The molecule has 0 radical (unpaired) electrons. The summed E-state index contributed by atoms with van der Waals surface area (Å²) in [5.74, 6) is -1.72. The van der Waals surface area contributed by atoms with Gasteiger partial charge in [0.05, 0.1) is 16.8 Å². The van der Waals surface area contributed by atoms with Crippen LogP contribution in [0.2, 0.25) is 5.15 Å². The summed E-state index contributed by atoms with van der Waals surface area (Å²) in [6, 6.07) is 4.79. The number of hydrogen-bond donors (Lipinski definition) is 1. The molecule has 0 amide bonds. The number of nitrogen functional groups attached to an aromatic ring is 1. The number of nitrogens with zero attached hydrogens (tertiary/aromatic N) is 2. The molecule has 4 nitrogen and oxygen atoms in total. The van der Waals surface area contributed by atoms with Crippen LogP contribution < -0.4 is 11.3 Å². The van der Waals surface area contributed by atoms with Crippen LogP contribution in [-0.4, -0.2) is 9.55 Å². The van der Waals surface area contributed by atoms with Gasteiger partial charge in [0, 0.05) is 30.3 Å². The van der Waals surface area contributed by atoms with Crippen LogP contribution in [0.4, 0.5) is 14.5 Å². The summed E-state index contributed by atoms with van der Waals surface area (Å²) in [5, 5.41) is 0.844. The zero-order valence-corrected chi connectivity index (χ0v) is 12.2. The fourth-order valence-corrected chi connectivity index (χ4v) is 2.46. The Kier molecular flexibility index (Phi) is 3.33. The molecule has 1 aromatic carbocycles. The highest BCUT2D eigenvalue weighted by Gasteiger charge is 2.15. The lowest BCUT2D eigenvalue weighted by atomic mass is 10.0. The van der Waals surface area contributed by atoms with Crippen LogP contribution in [0, 0.1) is 11.6 Å². The van der Waals surface area contributed by atoms with E-state index in [0.29, 0.717) is 17.0 Å². The third kappa shape index (κ3) is 2.21. The molecular formula is C15H10ClF2N3O. The summed E-state index contributed by atoms with van der Waals surface area (Å²) in [6.45, 7) is 0. The predicted octanol–water partition coefficient (Wildman–Crippen LogP) is 3.11. The van der Waals surface area contributed by atoms with Gasteiger partial charge in [0.2, 0.25) is 0 Å². The van der Waals surface area contributed by atoms with E-state index >= 15 is 0 Å². The van der Waals surface area contributed by atoms with E-state index in [1.165, 1.54) is 29.9 Å². The fourth-order valence-electron chi connectivity index (χ4n) is 2.30. The smallest absolute Gasteiger partial charge is 0.258 e. The van der Waals surface area contributed by atoms with Crippen molar-refractivity contribution in [1.82, 2.24) is 9.55 Å². The number of benzene rings is 1. The molecule has 0 bridgehead atoms. The van der Waals surface area contributed by atoms with Crippen molar-refractivity contribution in [3.8, 4) is 11.1 Å². The molecule has 0 aliphatic heterocycles. The van der Waals surface area contributed by atoms with Gasteiger partial charge in [-0.05, 0) is 18.2 Å². The first-order valence-electron chi connectivity index (χ1n) is 6.28. The highest BCUT2D eigenvalue weighted by molar-refractivity contribution is 6.30. The first-order valence-corrected chi connectivity index (χ1v) is 6.66. The Labute approximate surface area is 128 Å². The first-order chi connectivity index (χ1) is 10.4. The number of pyridine rings is 2. The summed E-state index contributed by atoms with van der Waals surface area (Å²) >= 11 is 5.82. The molecule has 22 heavy (non-hydrogen) atoms. The average molecular weight is 322 g/mol. The summed E-state index contributed by atoms with van der Waals surface area (Å²) < 4.78 is 28.6. The molecule has 3 rings (SSSR count). The SMILES string of the molecule is Cn1c(=O)c(-c2cc(N)c(F)cc2F)cc2cnc(Cl)cc21. The molecule has 0 fully saturated rings. The summed E-state index contributed by atoms with van der Waals surface area (Å²) in [5.41, 5.74) is 5.37. The van der Waals surface area contributed by atoms with Crippen molar-refractivity contribution in [1.29, 1.82) is 0 Å². The third-order valence-corrected chi connectivity index (χ3v) is 3.66. The van der Waals surface area contributed by atoms with Crippen LogP contribution in [0.3, 0.4) is 0 Å². The Morgan fingerprint density at radius 3 is 2.59 bits per heavy atom. The second kappa shape index (κ2) is 5.06. The number of aryl methyl sites for hydroxylation is 1. The quantitative estimate of drug-likeness (QED) is 0.553. The highest BCUT2D eigenvalue weighted by Crippen LogP contribution is 2.27. The Morgan fingerprint density at radius 2 is 1.86 bits per heavy atom. The molecule has 0 aliphatic rings. The van der Waals surface area contributed by atoms with Crippen molar-refractivity contribution >= 4 is 28.2 Å². The van der Waals surface area contributed by atoms with Gasteiger partial charge in [0.1, 0.15) is 16.8 Å². The molecule has 0 unspecified atom stereocenters. The summed E-state index contributed by atoms with van der Waals surface area (Å²) in [6.07, 6.45) is 1.48. The van der Waals surface area contributed by atoms with Gasteiger partial charge >= 0.3 is 0 Å². The van der Waals surface area contributed by atoms with E-state index in [1.54, 1.807) is 0 Å². The van der Waals surface area contributed by atoms with Crippen molar-refractivity contribution in [3.05, 3.63) is 57.6 Å². The van der Waals surface area contributed by atoms with Gasteiger partial charge in [-0.15, -0.1) is 0 Å². The van der Waals surface area contributed by atoms with E-state index in [1.807, 2.05) is 0 Å². The minimum Gasteiger partial charge on any atom is -0.396 e. The average Bonchev–Trinajstić information content (AvgIpc) is 2.47. The molecular weight excluding hydrogens is 312 g/mol. The largest absolute Gasteiger partial charge is 0.396 e. The highest BCUT2D eigenvalue weighted by atomic mass is 35.5. The van der Waals surface area contributed by atoms with Crippen molar-refractivity contribution in [2.45, 2.75) is 0 Å². The normalized spacial score (nSPS) is 11.1. The van der Waals surface area contributed by atoms with Crippen LogP contribution in [-0.2, 0) is 7.05 Å². The van der Waals surface area contributed by atoms with E-state index in [0.717, 1.165) is 6.07 Å². The monoisotopic (exact) mass is 321 g/mol. The maximum absolute atomic E-state index is 14.0. The molecule has 2 heterocycles. The Balaban J connectivity index is 2.38. The van der Waals surface area contributed by atoms with Crippen LogP contribution >= 0.6 is 11.6 Å². The predicted molar refractivity (Wildman–Crippen MR) is 81.8 cm³/mol. The van der Waals surface area contributed by atoms with Crippen molar-refractivity contribution in [2.75, 3.05) is 5.73 Å². The van der Waals surface area contributed by atoms with Crippen LogP contribution in [0.15, 0.2) is 35.3 Å². The van der Waals surface area contributed by atoms with Gasteiger partial charge in [-0.1, -0.05) is 11.6 Å². The molecule has 7 heteroatoms. The zero-order chi connectivity index (χ0) is 16.0. The van der Waals surface area contributed by atoms with E-state index in [2.05, 4.69) is 4.98 Å². The number of aromatic nitrogens is 2. The molecule has 0 spiro atoms. The van der Waals surface area contributed by atoms with Crippen molar-refractivity contribution in [2.24, 2.45) is 7.05 Å². The van der Waals surface area contributed by atoms with E-state index in [-0.39, 0.29) is 22.0 Å². The Morgan fingerprint density at radius 1 is 1.14 bits per heavy atom. The van der Waals surface area contributed by atoms with Gasteiger partial charge in [-0.2, -0.15) is 0 Å². The second-order valence-corrected chi connectivity index (χ2v) is 5.23. The van der Waals surface area contributed by atoms with Gasteiger partial charge in [-0.25, -0.2) is 13.8 Å². The number of hydrogen-bond acceptors (Lipinski definition) is 3. The Bertz CT molecular complexity index is 969. The first kappa shape index (κ1) is 14.5. The lowest BCUT2D eigenvalue weighted by Crippen LogP contribution is -2.19. The van der Waals surface area contributed by atoms with Crippen molar-refractivity contribution < 1.29 is 8.78 Å². The van der Waals surface area contributed by atoms with Crippen LogP contribution in [0.25, 0.3) is 22.0 Å². The van der Waals surface area contributed by atoms with E-state index < -0.39 is 17.2 Å². The minimum absolute atomic E-state index is 0.0589. The van der Waals surface area contributed by atoms with Gasteiger partial charge in [0.15, 0.2) is 0 Å². The second-order valence-electron chi connectivity index (χ2n) is 4.84. The van der Waals surface area contributed by atoms with Gasteiger partial charge < -0.3 is 10.3 Å². The van der Waals surface area contributed by atoms with Gasteiger partial charge in [-0.3, -0.25) is 4.79 Å². The van der Waals surface area contributed by atoms with Crippen molar-refractivity contribution in [3.63, 3.8) is 0 Å². The minimum atomic E-state index is -0.868. The zero-order valence-electron chi connectivity index (χ0n) is 11.4. The third-order valence-electron chi connectivity index (χ3n) is 3.45. The maximum atomic E-state index is 14.0. The maximum Gasteiger partial charge on any atom is 0.258 e. The molecule has 2 aromatic heterocycles. The lowest BCUT2D eigenvalue weighted by molar-refractivity contribution is 0.588. The molecule has 0 atom stereocenters. The molecule has 2 N–H and O–H groups in total. The van der Waals surface area contributed by atoms with E-state index in [4.69, 9.17) is 17.3 Å². The number of halogens is 3. The number of fused-ring (bicyclic) bond motifs is 1. The standard InChI is InChI=1S/C15H10ClF2N3O/c1-21-13-5-14(16)20-6-7(13)2-9(15(21)22)8-3-12(19)11(18)4-10(8)17/h2-6H,19H2,1H3. The topological polar surface area (TPSA) is 60.9 Å². The number of nitrogens with two attached hydrogens (primary N) is 1. The number of rotatable bonds is 1. The number of anilines is 1. The summed E-state index contributed by atoms with van der Waals surface area (Å²) in [7, 11) is 1.54. The van der Waals surface area contributed by atoms with E-state index in [9.17, 15) is 13.6 Å². The van der Waals surface area contributed by atoms with Gasteiger partial charge in [0.25, 0.3) is 5.56 Å². The Hall–Kier alpha value is -2.47. The summed E-state index contributed by atoms with van der Waals surface area (Å²) in [4.78, 5) is 16.4. The molecule has 112 valence electrons. The molecule has 0 saturated heterocycles. The molecule has 0 aliphatic carbocycles.